The Bertz CT molecular complexity index is 435. The van der Waals surface area contributed by atoms with Crippen LogP contribution in [0, 0.1) is 5.92 Å². The van der Waals surface area contributed by atoms with Gasteiger partial charge in [0.2, 0.25) is 5.91 Å². The largest absolute Gasteiger partial charge is 0.373 e. The predicted octanol–water partition coefficient (Wildman–Crippen LogP) is 1.21. The van der Waals surface area contributed by atoms with Gasteiger partial charge in [0.25, 0.3) is 0 Å². The van der Waals surface area contributed by atoms with Crippen molar-refractivity contribution in [3.05, 3.63) is 18.2 Å². The number of hydrogen-bond acceptors (Lipinski definition) is 4. The Morgan fingerprint density at radius 2 is 2.28 bits per heavy atom. The van der Waals surface area contributed by atoms with Crippen LogP contribution in [0.25, 0.3) is 0 Å². The van der Waals surface area contributed by atoms with Crippen LogP contribution in [0.2, 0.25) is 0 Å². The Labute approximate surface area is 107 Å². The van der Waals surface area contributed by atoms with Gasteiger partial charge in [-0.2, -0.15) is 0 Å². The Kier molecular flexibility index (Phi) is 3.69. The number of hydrogen-bond donors (Lipinski definition) is 2. The van der Waals surface area contributed by atoms with E-state index in [1.807, 2.05) is 25.2 Å². The van der Waals surface area contributed by atoms with Crippen molar-refractivity contribution in [3.8, 4) is 0 Å². The molecular weight excluding hydrogens is 228 g/mol. The second kappa shape index (κ2) is 5.25. The highest BCUT2D eigenvalue weighted by Gasteiger charge is 2.29. The molecular formula is C13H20N4O. The summed E-state index contributed by atoms with van der Waals surface area (Å²) in [5.74, 6) is 1.46. The summed E-state index contributed by atoms with van der Waals surface area (Å²) in [6, 6.07) is 6.25. The quantitative estimate of drug-likeness (QED) is 0.843. The fourth-order valence-corrected chi connectivity index (χ4v) is 2.38. The average molecular weight is 248 g/mol. The highest BCUT2D eigenvalue weighted by molar-refractivity contribution is 5.77. The smallest absolute Gasteiger partial charge is 0.222 e. The van der Waals surface area contributed by atoms with Gasteiger partial charge in [-0.05, 0) is 31.9 Å². The molecule has 0 bridgehead atoms. The molecule has 98 valence electrons. The van der Waals surface area contributed by atoms with Gasteiger partial charge in [0, 0.05) is 19.6 Å². The van der Waals surface area contributed by atoms with Crippen LogP contribution in [-0.2, 0) is 4.79 Å². The Morgan fingerprint density at radius 3 is 2.94 bits per heavy atom. The first-order valence-electron chi connectivity index (χ1n) is 6.32. The molecule has 2 unspecified atom stereocenters. The normalized spacial score (nSPS) is 23.8. The topological polar surface area (TPSA) is 71.2 Å². The number of anilines is 2. The fraction of sp³-hybridized carbons (Fsp3) is 0.538. The van der Waals surface area contributed by atoms with E-state index in [2.05, 4.69) is 22.1 Å². The first kappa shape index (κ1) is 12.7. The number of carbonyl (C=O) groups excluding carboxylic acids is 1. The third-order valence-corrected chi connectivity index (χ3v) is 3.57. The summed E-state index contributed by atoms with van der Waals surface area (Å²) in [7, 11) is 1.85. The molecule has 1 amide bonds. The molecule has 1 saturated heterocycles. The minimum atomic E-state index is -0.211. The van der Waals surface area contributed by atoms with Gasteiger partial charge in [-0.1, -0.05) is 6.07 Å². The standard InChI is InChI=1S/C13H20N4O/c1-9-6-7-10(13(14)18)8-17(9)12-5-3-4-11(15-2)16-12/h3-5,9-10H,6-8H2,1-2H3,(H2,14,18)(H,15,16). The van der Waals surface area contributed by atoms with E-state index in [1.54, 1.807) is 0 Å². The van der Waals surface area contributed by atoms with Gasteiger partial charge in [0.15, 0.2) is 0 Å². The number of nitrogens with zero attached hydrogens (tertiary/aromatic N) is 2. The summed E-state index contributed by atoms with van der Waals surface area (Å²) in [5.41, 5.74) is 5.41. The minimum Gasteiger partial charge on any atom is -0.373 e. The molecule has 18 heavy (non-hydrogen) atoms. The van der Waals surface area contributed by atoms with Crippen LogP contribution < -0.4 is 16.0 Å². The minimum absolute atomic E-state index is 0.0683. The summed E-state index contributed by atoms with van der Waals surface area (Å²) in [6.07, 6.45) is 1.85. The van der Waals surface area contributed by atoms with Crippen molar-refractivity contribution in [1.29, 1.82) is 0 Å². The maximum atomic E-state index is 11.3. The molecule has 1 aliphatic rings. The highest BCUT2D eigenvalue weighted by atomic mass is 16.1. The van der Waals surface area contributed by atoms with Crippen molar-refractivity contribution in [1.82, 2.24) is 4.98 Å². The molecule has 1 fully saturated rings. The van der Waals surface area contributed by atoms with Gasteiger partial charge < -0.3 is 16.0 Å². The number of carbonyl (C=O) groups is 1. The molecule has 0 spiro atoms. The van der Waals surface area contributed by atoms with E-state index < -0.39 is 0 Å². The molecule has 5 heteroatoms. The van der Waals surface area contributed by atoms with E-state index in [9.17, 15) is 4.79 Å². The van der Waals surface area contributed by atoms with Gasteiger partial charge in [-0.15, -0.1) is 0 Å². The van der Waals surface area contributed by atoms with E-state index in [0.29, 0.717) is 12.6 Å². The van der Waals surface area contributed by atoms with Crippen molar-refractivity contribution < 1.29 is 4.79 Å². The van der Waals surface area contributed by atoms with Gasteiger partial charge in [0.1, 0.15) is 11.6 Å². The molecule has 3 N–H and O–H groups in total. The lowest BCUT2D eigenvalue weighted by molar-refractivity contribution is -0.122. The second-order valence-corrected chi connectivity index (χ2v) is 4.81. The molecule has 0 aliphatic carbocycles. The van der Waals surface area contributed by atoms with E-state index in [-0.39, 0.29) is 11.8 Å². The highest BCUT2D eigenvalue weighted by Crippen LogP contribution is 2.26. The number of nitrogens with two attached hydrogens (primary N) is 1. The van der Waals surface area contributed by atoms with Crippen molar-refractivity contribution in [3.63, 3.8) is 0 Å². The first-order chi connectivity index (χ1) is 8.61. The summed E-state index contributed by atoms with van der Waals surface area (Å²) in [6.45, 7) is 2.82. The summed E-state index contributed by atoms with van der Waals surface area (Å²) >= 11 is 0. The maximum Gasteiger partial charge on any atom is 0.222 e. The van der Waals surface area contributed by atoms with Crippen molar-refractivity contribution in [2.45, 2.75) is 25.8 Å². The monoisotopic (exact) mass is 248 g/mol. The van der Waals surface area contributed by atoms with E-state index in [4.69, 9.17) is 5.73 Å². The zero-order valence-electron chi connectivity index (χ0n) is 10.9. The van der Waals surface area contributed by atoms with E-state index in [1.165, 1.54) is 0 Å². The van der Waals surface area contributed by atoms with Crippen LogP contribution in [0.3, 0.4) is 0 Å². The molecule has 2 rings (SSSR count). The van der Waals surface area contributed by atoms with Gasteiger partial charge >= 0.3 is 0 Å². The Morgan fingerprint density at radius 1 is 1.50 bits per heavy atom. The molecule has 0 radical (unpaired) electrons. The predicted molar refractivity (Wildman–Crippen MR) is 72.5 cm³/mol. The lowest BCUT2D eigenvalue weighted by atomic mass is 9.93. The van der Waals surface area contributed by atoms with E-state index >= 15 is 0 Å². The van der Waals surface area contributed by atoms with Gasteiger partial charge in [-0.25, -0.2) is 4.98 Å². The number of pyridine rings is 1. The van der Waals surface area contributed by atoms with Crippen LogP contribution in [0.5, 0.6) is 0 Å². The Balaban J connectivity index is 2.21. The molecule has 2 heterocycles. The zero-order valence-corrected chi connectivity index (χ0v) is 10.9. The molecule has 1 aliphatic heterocycles. The lowest BCUT2D eigenvalue weighted by Crippen LogP contribution is -2.46. The number of nitrogens with one attached hydrogen (secondary N) is 1. The lowest BCUT2D eigenvalue weighted by Gasteiger charge is -2.37. The van der Waals surface area contributed by atoms with Crippen LogP contribution in [0.15, 0.2) is 18.2 Å². The number of amides is 1. The van der Waals surface area contributed by atoms with Gasteiger partial charge in [0.05, 0.1) is 5.92 Å². The number of piperidine rings is 1. The molecule has 1 aromatic heterocycles. The number of aromatic nitrogens is 1. The summed E-state index contributed by atoms with van der Waals surface area (Å²) < 4.78 is 0. The summed E-state index contributed by atoms with van der Waals surface area (Å²) in [5, 5.41) is 3.03. The third kappa shape index (κ3) is 2.55. The van der Waals surface area contributed by atoms with Crippen LogP contribution >= 0.6 is 0 Å². The second-order valence-electron chi connectivity index (χ2n) is 4.81. The maximum absolute atomic E-state index is 11.3. The van der Waals surface area contributed by atoms with E-state index in [0.717, 1.165) is 24.5 Å². The van der Waals surface area contributed by atoms with Crippen molar-refractivity contribution in [2.24, 2.45) is 11.7 Å². The third-order valence-electron chi connectivity index (χ3n) is 3.57. The zero-order chi connectivity index (χ0) is 13.1. The average Bonchev–Trinajstić information content (AvgIpc) is 2.39. The number of primary amides is 1. The Hall–Kier alpha value is -1.78. The van der Waals surface area contributed by atoms with Crippen molar-refractivity contribution in [2.75, 3.05) is 23.8 Å². The fourth-order valence-electron chi connectivity index (χ4n) is 2.38. The number of rotatable bonds is 3. The molecule has 1 aromatic rings. The molecule has 0 aromatic carbocycles. The van der Waals surface area contributed by atoms with Crippen molar-refractivity contribution >= 4 is 17.5 Å². The van der Waals surface area contributed by atoms with Gasteiger partial charge in [-0.3, -0.25) is 4.79 Å². The van der Waals surface area contributed by atoms with Crippen LogP contribution in [-0.4, -0.2) is 30.5 Å². The molecule has 2 atom stereocenters. The molecule has 0 saturated carbocycles. The SMILES string of the molecule is CNc1cccc(N2CC(C(N)=O)CCC2C)n1. The van der Waals surface area contributed by atoms with Crippen LogP contribution in [0.1, 0.15) is 19.8 Å². The summed E-state index contributed by atoms with van der Waals surface area (Å²) in [4.78, 5) is 18.0. The first-order valence-corrected chi connectivity index (χ1v) is 6.32. The van der Waals surface area contributed by atoms with Crippen LogP contribution in [0.4, 0.5) is 11.6 Å². The molecule has 5 nitrogen and oxygen atoms in total.